The van der Waals surface area contributed by atoms with Crippen LogP contribution in [0, 0.1) is 5.82 Å². The van der Waals surface area contributed by atoms with Gasteiger partial charge in [-0.05, 0) is 51.8 Å². The van der Waals surface area contributed by atoms with Gasteiger partial charge in [-0.1, -0.05) is 29.3 Å². The third-order valence-corrected chi connectivity index (χ3v) is 3.65. The normalized spacial score (nSPS) is 10.4. The van der Waals surface area contributed by atoms with Crippen molar-refractivity contribution in [1.29, 1.82) is 0 Å². The van der Waals surface area contributed by atoms with E-state index in [4.69, 9.17) is 23.2 Å². The molecule has 0 aliphatic carbocycles. The summed E-state index contributed by atoms with van der Waals surface area (Å²) in [5.41, 5.74) is 1.60. The summed E-state index contributed by atoms with van der Waals surface area (Å²) in [4.78, 5) is 0. The minimum absolute atomic E-state index is 0.304. The van der Waals surface area contributed by atoms with Crippen LogP contribution in [0.2, 0.25) is 10.0 Å². The van der Waals surface area contributed by atoms with Crippen LogP contribution in [0.1, 0.15) is 5.56 Å². The summed E-state index contributed by atoms with van der Waals surface area (Å²) in [6.07, 6.45) is 0. The van der Waals surface area contributed by atoms with Gasteiger partial charge in [-0.3, -0.25) is 0 Å². The maximum absolute atomic E-state index is 13.3. The van der Waals surface area contributed by atoms with Crippen LogP contribution < -0.4 is 5.32 Å². The van der Waals surface area contributed by atoms with Crippen LogP contribution in [0.4, 0.5) is 10.1 Å². The smallest absolute Gasteiger partial charge is 0.139 e. The summed E-state index contributed by atoms with van der Waals surface area (Å²) >= 11 is 15.0. The maximum atomic E-state index is 13.3. The zero-order valence-corrected chi connectivity index (χ0v) is 12.3. The lowest BCUT2D eigenvalue weighted by atomic mass is 10.2. The molecule has 1 N–H and O–H groups in total. The lowest BCUT2D eigenvalue weighted by Crippen LogP contribution is -2.00. The fraction of sp³-hybridized carbons (Fsp3) is 0.0769. The fourth-order valence-corrected chi connectivity index (χ4v) is 2.19. The summed E-state index contributed by atoms with van der Waals surface area (Å²) in [5, 5.41) is 4.29. The third-order valence-electron chi connectivity index (χ3n) is 2.42. The Balaban J connectivity index is 2.09. The second-order valence-electron chi connectivity index (χ2n) is 3.72. The van der Waals surface area contributed by atoms with Gasteiger partial charge in [0, 0.05) is 22.3 Å². The largest absolute Gasteiger partial charge is 0.381 e. The molecule has 0 aromatic heterocycles. The molecule has 1 nitrogen and oxygen atoms in total. The zero-order valence-electron chi connectivity index (χ0n) is 9.18. The Morgan fingerprint density at radius 3 is 2.56 bits per heavy atom. The molecule has 0 radical (unpaired) electrons. The Morgan fingerprint density at radius 1 is 1.11 bits per heavy atom. The summed E-state index contributed by atoms with van der Waals surface area (Å²) < 4.78 is 13.7. The predicted octanol–water partition coefficient (Wildman–Crippen LogP) is 5.51. The van der Waals surface area contributed by atoms with Gasteiger partial charge in [0.05, 0.1) is 4.47 Å². The highest BCUT2D eigenvalue weighted by Crippen LogP contribution is 2.23. The highest BCUT2D eigenvalue weighted by molar-refractivity contribution is 9.10. The van der Waals surface area contributed by atoms with Crippen molar-refractivity contribution in [1.82, 2.24) is 0 Å². The molecule has 0 spiro atoms. The van der Waals surface area contributed by atoms with E-state index in [1.54, 1.807) is 24.3 Å². The topological polar surface area (TPSA) is 12.0 Å². The molecule has 18 heavy (non-hydrogen) atoms. The quantitative estimate of drug-likeness (QED) is 0.771. The van der Waals surface area contributed by atoms with Crippen molar-refractivity contribution < 1.29 is 4.39 Å². The van der Waals surface area contributed by atoms with E-state index in [1.165, 1.54) is 6.07 Å². The third kappa shape index (κ3) is 3.37. The Labute approximate surface area is 123 Å². The SMILES string of the molecule is Fc1cc(NCc2ccc(Cl)cc2Cl)ccc1Br. The predicted molar refractivity (Wildman–Crippen MR) is 77.9 cm³/mol. The average molecular weight is 349 g/mol. The molecule has 94 valence electrons. The van der Waals surface area contributed by atoms with E-state index in [0.29, 0.717) is 26.8 Å². The summed E-state index contributed by atoms with van der Waals surface area (Å²) in [6, 6.07) is 10.2. The van der Waals surface area contributed by atoms with Gasteiger partial charge in [0.1, 0.15) is 5.82 Å². The van der Waals surface area contributed by atoms with Crippen molar-refractivity contribution in [3.8, 4) is 0 Å². The van der Waals surface area contributed by atoms with E-state index < -0.39 is 0 Å². The van der Waals surface area contributed by atoms with Gasteiger partial charge in [0.15, 0.2) is 0 Å². The van der Waals surface area contributed by atoms with E-state index in [2.05, 4.69) is 21.2 Å². The Hall–Kier alpha value is -0.770. The lowest BCUT2D eigenvalue weighted by molar-refractivity contribution is 0.621. The molecule has 2 aromatic rings. The minimum Gasteiger partial charge on any atom is -0.381 e. The van der Waals surface area contributed by atoms with Crippen LogP contribution in [0.3, 0.4) is 0 Å². The van der Waals surface area contributed by atoms with Crippen LogP contribution >= 0.6 is 39.1 Å². The van der Waals surface area contributed by atoms with Crippen LogP contribution in [-0.4, -0.2) is 0 Å². The van der Waals surface area contributed by atoms with Crippen molar-refractivity contribution in [2.75, 3.05) is 5.32 Å². The van der Waals surface area contributed by atoms with Crippen molar-refractivity contribution in [3.63, 3.8) is 0 Å². The van der Waals surface area contributed by atoms with Gasteiger partial charge in [-0.25, -0.2) is 4.39 Å². The second kappa shape index (κ2) is 5.91. The Kier molecular flexibility index (Phi) is 4.49. The molecule has 5 heteroatoms. The number of anilines is 1. The van der Waals surface area contributed by atoms with Gasteiger partial charge in [-0.2, -0.15) is 0 Å². The number of hydrogen-bond donors (Lipinski definition) is 1. The Bertz CT molecular complexity index is 575. The highest BCUT2D eigenvalue weighted by Gasteiger charge is 2.03. The van der Waals surface area contributed by atoms with E-state index in [0.717, 1.165) is 5.56 Å². The van der Waals surface area contributed by atoms with Gasteiger partial charge in [0.25, 0.3) is 0 Å². The van der Waals surface area contributed by atoms with Crippen LogP contribution in [0.5, 0.6) is 0 Å². The molecule has 0 atom stereocenters. The second-order valence-corrected chi connectivity index (χ2v) is 5.42. The highest BCUT2D eigenvalue weighted by atomic mass is 79.9. The number of benzene rings is 2. The van der Waals surface area contributed by atoms with E-state index in [9.17, 15) is 4.39 Å². The first-order valence-corrected chi connectivity index (χ1v) is 6.74. The van der Waals surface area contributed by atoms with Gasteiger partial charge >= 0.3 is 0 Å². The monoisotopic (exact) mass is 347 g/mol. The molecular weight excluding hydrogens is 340 g/mol. The molecule has 0 saturated carbocycles. The number of halogens is 4. The van der Waals surface area contributed by atoms with Gasteiger partial charge in [-0.15, -0.1) is 0 Å². The maximum Gasteiger partial charge on any atom is 0.139 e. The van der Waals surface area contributed by atoms with Crippen molar-refractivity contribution in [2.45, 2.75) is 6.54 Å². The van der Waals surface area contributed by atoms with Crippen molar-refractivity contribution in [3.05, 3.63) is 62.3 Å². The van der Waals surface area contributed by atoms with Crippen LogP contribution in [0.15, 0.2) is 40.9 Å². The first-order valence-electron chi connectivity index (χ1n) is 5.19. The van der Waals surface area contributed by atoms with E-state index in [1.807, 2.05) is 6.07 Å². The zero-order chi connectivity index (χ0) is 13.1. The number of rotatable bonds is 3. The molecule has 0 amide bonds. The van der Waals surface area contributed by atoms with Crippen LogP contribution in [-0.2, 0) is 6.54 Å². The van der Waals surface area contributed by atoms with Crippen molar-refractivity contribution >= 4 is 44.8 Å². The molecule has 0 unspecified atom stereocenters. The fourth-order valence-electron chi connectivity index (χ4n) is 1.47. The first-order chi connectivity index (χ1) is 8.56. The van der Waals surface area contributed by atoms with Gasteiger partial charge < -0.3 is 5.32 Å². The standard InChI is InChI=1S/C13H9BrCl2FN/c14-11-4-3-10(6-13(11)17)18-7-8-1-2-9(15)5-12(8)16/h1-6,18H,7H2. The molecule has 0 aliphatic heterocycles. The molecule has 0 bridgehead atoms. The molecule has 0 saturated heterocycles. The van der Waals surface area contributed by atoms with Crippen molar-refractivity contribution in [2.24, 2.45) is 0 Å². The minimum atomic E-state index is -0.304. The molecule has 2 aromatic carbocycles. The number of nitrogens with one attached hydrogen (secondary N) is 1. The molecular formula is C13H9BrCl2FN. The number of hydrogen-bond acceptors (Lipinski definition) is 1. The summed E-state index contributed by atoms with van der Waals surface area (Å²) in [6.45, 7) is 0.511. The molecule has 0 fully saturated rings. The van der Waals surface area contributed by atoms with E-state index in [-0.39, 0.29) is 5.82 Å². The van der Waals surface area contributed by atoms with Gasteiger partial charge in [0.2, 0.25) is 0 Å². The molecule has 0 heterocycles. The average Bonchev–Trinajstić information content (AvgIpc) is 2.32. The molecule has 0 aliphatic rings. The molecule has 2 rings (SSSR count). The summed E-state index contributed by atoms with van der Waals surface area (Å²) in [7, 11) is 0. The lowest BCUT2D eigenvalue weighted by Gasteiger charge is -2.09. The Morgan fingerprint density at radius 2 is 1.89 bits per heavy atom. The van der Waals surface area contributed by atoms with Crippen LogP contribution in [0.25, 0.3) is 0 Å². The van der Waals surface area contributed by atoms with E-state index >= 15 is 0 Å². The first kappa shape index (κ1) is 13.7. The summed E-state index contributed by atoms with van der Waals surface area (Å²) in [5.74, 6) is -0.304.